The van der Waals surface area contributed by atoms with Crippen molar-refractivity contribution in [2.75, 3.05) is 12.3 Å². The molecule has 0 saturated carbocycles. The van der Waals surface area contributed by atoms with Crippen molar-refractivity contribution < 1.29 is 19.5 Å². The Hall–Kier alpha value is -2.41. The number of para-hydroxylation sites is 1. The van der Waals surface area contributed by atoms with E-state index in [1.54, 1.807) is 12.1 Å². The molecule has 0 aliphatic rings. The zero-order valence-electron chi connectivity index (χ0n) is 11.3. The van der Waals surface area contributed by atoms with Gasteiger partial charge >= 0.3 is 11.8 Å². The number of hydrogen-bond acceptors (Lipinski definition) is 5. The van der Waals surface area contributed by atoms with Crippen molar-refractivity contribution in [3.05, 3.63) is 29.8 Å². The van der Waals surface area contributed by atoms with Crippen molar-refractivity contribution in [2.24, 2.45) is 0 Å². The minimum Gasteiger partial charge on any atom is -0.398 e. The van der Waals surface area contributed by atoms with E-state index in [1.165, 1.54) is 26.0 Å². The number of hydrogen-bond donors (Lipinski definition) is 4. The van der Waals surface area contributed by atoms with Crippen LogP contribution in [0.4, 0.5) is 5.69 Å². The topological polar surface area (TPSA) is 122 Å². The highest BCUT2D eigenvalue weighted by molar-refractivity contribution is 6.38. The van der Waals surface area contributed by atoms with Crippen LogP contribution in [0.3, 0.4) is 0 Å². The molecule has 1 aromatic rings. The van der Waals surface area contributed by atoms with Crippen LogP contribution in [-0.4, -0.2) is 35.0 Å². The lowest BCUT2D eigenvalue weighted by atomic mass is 10.1. The maximum Gasteiger partial charge on any atom is 0.316 e. The molecule has 108 valence electrons. The summed E-state index contributed by atoms with van der Waals surface area (Å²) in [5.74, 6) is -2.88. The van der Waals surface area contributed by atoms with E-state index in [-0.39, 0.29) is 17.9 Å². The Morgan fingerprint density at radius 2 is 1.80 bits per heavy atom. The highest BCUT2D eigenvalue weighted by Gasteiger charge is 2.25. The fourth-order valence-electron chi connectivity index (χ4n) is 1.33. The molecule has 0 radical (unpaired) electrons. The Bertz CT molecular complexity index is 540. The maximum absolute atomic E-state index is 11.8. The van der Waals surface area contributed by atoms with Crippen molar-refractivity contribution in [3.8, 4) is 0 Å². The van der Waals surface area contributed by atoms with Crippen LogP contribution in [0.15, 0.2) is 24.3 Å². The number of aliphatic hydroxyl groups is 1. The van der Waals surface area contributed by atoms with Crippen LogP contribution < -0.4 is 16.4 Å². The summed E-state index contributed by atoms with van der Waals surface area (Å²) in [6.07, 6.45) is 0. The average Bonchev–Trinajstić information content (AvgIpc) is 2.38. The van der Waals surface area contributed by atoms with Crippen molar-refractivity contribution in [2.45, 2.75) is 19.4 Å². The molecule has 1 aromatic carbocycles. The zero-order chi connectivity index (χ0) is 15.3. The summed E-state index contributed by atoms with van der Waals surface area (Å²) in [4.78, 5) is 34.9. The van der Waals surface area contributed by atoms with Gasteiger partial charge in [-0.05, 0) is 26.0 Å². The zero-order valence-corrected chi connectivity index (χ0v) is 11.3. The van der Waals surface area contributed by atoms with Gasteiger partial charge in [0.25, 0.3) is 5.91 Å². The molecule has 5 N–H and O–H groups in total. The number of aliphatic hydroxyl groups excluding tert-OH is 1. The van der Waals surface area contributed by atoms with Crippen LogP contribution >= 0.6 is 0 Å². The predicted molar refractivity (Wildman–Crippen MR) is 72.6 cm³/mol. The van der Waals surface area contributed by atoms with Crippen molar-refractivity contribution in [1.29, 1.82) is 0 Å². The summed E-state index contributed by atoms with van der Waals surface area (Å²) in [6, 6.07) is 6.18. The Morgan fingerprint density at radius 3 is 2.35 bits per heavy atom. The van der Waals surface area contributed by atoms with Gasteiger partial charge < -0.3 is 16.2 Å². The summed E-state index contributed by atoms with van der Waals surface area (Å²) in [5.41, 5.74) is 4.94. The van der Waals surface area contributed by atoms with Gasteiger partial charge in [0.15, 0.2) is 0 Å². The van der Waals surface area contributed by atoms with E-state index in [0.29, 0.717) is 0 Å². The van der Waals surface area contributed by atoms with Crippen molar-refractivity contribution in [1.82, 2.24) is 10.6 Å². The Balaban J connectivity index is 2.70. The van der Waals surface area contributed by atoms with E-state index in [9.17, 15) is 14.4 Å². The second-order valence-corrected chi connectivity index (χ2v) is 4.87. The number of carbonyl (C=O) groups excluding carboxylic acids is 3. The van der Waals surface area contributed by atoms with Gasteiger partial charge in [0.1, 0.15) is 0 Å². The molecule has 0 unspecified atom stereocenters. The minimum absolute atomic E-state index is 0.107. The summed E-state index contributed by atoms with van der Waals surface area (Å²) in [6.45, 7) is 2.73. The van der Waals surface area contributed by atoms with E-state index < -0.39 is 23.3 Å². The monoisotopic (exact) mass is 279 g/mol. The number of amides is 3. The molecule has 0 heterocycles. The van der Waals surface area contributed by atoms with E-state index in [0.717, 1.165) is 0 Å². The van der Waals surface area contributed by atoms with E-state index >= 15 is 0 Å². The van der Waals surface area contributed by atoms with Gasteiger partial charge in [-0.15, -0.1) is 0 Å². The molecule has 0 bridgehead atoms. The first-order valence-electron chi connectivity index (χ1n) is 5.90. The van der Waals surface area contributed by atoms with Crippen LogP contribution in [0.25, 0.3) is 0 Å². The number of nitrogen functional groups attached to an aromatic ring is 1. The number of nitrogens with one attached hydrogen (secondary N) is 2. The van der Waals surface area contributed by atoms with Gasteiger partial charge in [0, 0.05) is 5.69 Å². The van der Waals surface area contributed by atoms with Crippen LogP contribution in [-0.2, 0) is 9.59 Å². The molecular weight excluding hydrogens is 262 g/mol. The molecule has 0 saturated heterocycles. The number of nitrogens with two attached hydrogens (primary N) is 1. The molecule has 3 amide bonds. The first-order valence-corrected chi connectivity index (χ1v) is 5.90. The lowest BCUT2D eigenvalue weighted by Crippen LogP contribution is -2.52. The van der Waals surface area contributed by atoms with E-state index in [1.807, 2.05) is 5.32 Å². The molecule has 0 aliphatic heterocycles. The van der Waals surface area contributed by atoms with Gasteiger partial charge in [0.2, 0.25) is 0 Å². The predicted octanol–water partition coefficient (Wildman–Crippen LogP) is -0.588. The third-order valence-electron chi connectivity index (χ3n) is 2.49. The van der Waals surface area contributed by atoms with Crippen molar-refractivity contribution >= 4 is 23.4 Å². The maximum atomic E-state index is 11.8. The average molecular weight is 279 g/mol. The Labute approximate surface area is 116 Å². The lowest BCUT2D eigenvalue weighted by molar-refractivity contribution is -0.139. The second-order valence-electron chi connectivity index (χ2n) is 4.87. The first-order chi connectivity index (χ1) is 9.26. The minimum atomic E-state index is -1.11. The van der Waals surface area contributed by atoms with Crippen molar-refractivity contribution in [3.63, 3.8) is 0 Å². The third kappa shape index (κ3) is 4.06. The normalized spacial score (nSPS) is 10.8. The molecule has 0 aliphatic carbocycles. The van der Waals surface area contributed by atoms with Gasteiger partial charge in [-0.2, -0.15) is 0 Å². The molecule has 1 rings (SSSR count). The quantitative estimate of drug-likeness (QED) is 0.435. The largest absolute Gasteiger partial charge is 0.398 e. The number of imide groups is 1. The summed E-state index contributed by atoms with van der Waals surface area (Å²) >= 11 is 0. The molecular formula is C13H17N3O4. The third-order valence-corrected chi connectivity index (χ3v) is 2.49. The number of rotatable bonds is 3. The van der Waals surface area contributed by atoms with Crippen LogP contribution in [0.2, 0.25) is 0 Å². The number of benzene rings is 1. The Kier molecular flexibility index (Phi) is 4.82. The standard InChI is InChI=1S/C13H17N3O4/c1-13(2,7-17)16-12(20)11(19)15-10(18)8-5-3-4-6-9(8)14/h3-6,17H,7,14H2,1-2H3,(H,16,20)(H,15,18,19). The molecule has 0 fully saturated rings. The Morgan fingerprint density at radius 1 is 1.20 bits per heavy atom. The molecule has 7 heteroatoms. The molecule has 0 spiro atoms. The highest BCUT2D eigenvalue weighted by atomic mass is 16.3. The van der Waals surface area contributed by atoms with Crippen LogP contribution in [0, 0.1) is 0 Å². The fourth-order valence-corrected chi connectivity index (χ4v) is 1.33. The number of carbonyl (C=O) groups is 3. The van der Waals surface area contributed by atoms with E-state index in [2.05, 4.69) is 5.32 Å². The fraction of sp³-hybridized carbons (Fsp3) is 0.308. The van der Waals surface area contributed by atoms with Crippen LogP contribution in [0.5, 0.6) is 0 Å². The lowest BCUT2D eigenvalue weighted by Gasteiger charge is -2.22. The summed E-state index contributed by atoms with van der Waals surface area (Å²) in [5, 5.41) is 13.2. The van der Waals surface area contributed by atoms with Crippen LogP contribution in [0.1, 0.15) is 24.2 Å². The summed E-state index contributed by atoms with van der Waals surface area (Å²) in [7, 11) is 0. The van der Waals surface area contributed by atoms with Gasteiger partial charge in [0.05, 0.1) is 17.7 Å². The second kappa shape index (κ2) is 6.16. The highest BCUT2D eigenvalue weighted by Crippen LogP contribution is 2.09. The first kappa shape index (κ1) is 15.6. The van der Waals surface area contributed by atoms with Gasteiger partial charge in [-0.25, -0.2) is 0 Å². The molecule has 7 nitrogen and oxygen atoms in total. The van der Waals surface area contributed by atoms with Gasteiger partial charge in [-0.1, -0.05) is 12.1 Å². The smallest absolute Gasteiger partial charge is 0.316 e. The molecule has 0 atom stereocenters. The van der Waals surface area contributed by atoms with E-state index in [4.69, 9.17) is 10.8 Å². The number of anilines is 1. The summed E-state index contributed by atoms with van der Waals surface area (Å²) < 4.78 is 0. The molecule has 20 heavy (non-hydrogen) atoms. The molecule has 0 aromatic heterocycles. The SMILES string of the molecule is CC(C)(CO)NC(=O)C(=O)NC(=O)c1ccccc1N. The van der Waals surface area contributed by atoms with Gasteiger partial charge in [-0.3, -0.25) is 19.7 Å².